The maximum absolute atomic E-state index is 11.0. The van der Waals surface area contributed by atoms with Gasteiger partial charge in [-0.25, -0.2) is 12.7 Å². The Kier molecular flexibility index (Phi) is 3.27. The number of rotatable bonds is 3. The molecule has 0 aliphatic heterocycles. The lowest BCUT2D eigenvalue weighted by atomic mass is 10.5. The largest absolute Gasteiger partial charge is 0.395 e. The summed E-state index contributed by atoms with van der Waals surface area (Å²) in [5.74, 6) is 0. The molecule has 0 aromatic rings. The van der Waals surface area contributed by atoms with Crippen molar-refractivity contribution in [3.05, 3.63) is 0 Å². The van der Waals surface area contributed by atoms with E-state index in [1.807, 2.05) is 0 Å². The van der Waals surface area contributed by atoms with Gasteiger partial charge in [-0.15, -0.1) is 0 Å². The van der Waals surface area contributed by atoms with Gasteiger partial charge >= 0.3 is 0 Å². The van der Waals surface area contributed by atoms with Crippen LogP contribution in [0.15, 0.2) is 0 Å². The third-order valence-electron chi connectivity index (χ3n) is 1.27. The van der Waals surface area contributed by atoms with Crippen molar-refractivity contribution in [1.82, 2.24) is 4.31 Å². The number of hydrogen-bond donors (Lipinski definition) is 1. The molecule has 4 nitrogen and oxygen atoms in total. The van der Waals surface area contributed by atoms with Crippen LogP contribution in [0.4, 0.5) is 0 Å². The highest BCUT2D eigenvalue weighted by Crippen LogP contribution is 2.02. The van der Waals surface area contributed by atoms with Gasteiger partial charge in [0.15, 0.2) is 0 Å². The van der Waals surface area contributed by atoms with E-state index in [4.69, 9.17) is 5.11 Å². The Labute approximate surface area is 61.5 Å². The summed E-state index contributed by atoms with van der Waals surface area (Å²) < 4.78 is 23.2. The Balaban J connectivity index is 4.42. The molecule has 0 saturated carbocycles. The van der Waals surface area contributed by atoms with Crippen molar-refractivity contribution in [2.45, 2.75) is 12.2 Å². The molecule has 0 aliphatic carbocycles. The average Bonchev–Trinajstić information content (AvgIpc) is 1.86. The number of aliphatic hydroxyl groups is 1. The van der Waals surface area contributed by atoms with Gasteiger partial charge in [0.25, 0.3) is 0 Å². The highest BCUT2D eigenvalue weighted by atomic mass is 32.2. The molecular formula is C5H13NO3S. The lowest BCUT2D eigenvalue weighted by Crippen LogP contribution is -2.33. The van der Waals surface area contributed by atoms with Crippen molar-refractivity contribution in [1.29, 1.82) is 0 Å². The standard InChI is InChI=1S/C5H13NO3S/c1-5(4-7)10(8,9)6(2)3/h5,7H,4H2,1-3H3. The van der Waals surface area contributed by atoms with Crippen LogP contribution in [0.5, 0.6) is 0 Å². The molecule has 1 unspecified atom stereocenters. The second kappa shape index (κ2) is 3.32. The summed E-state index contributed by atoms with van der Waals surface area (Å²) in [4.78, 5) is 0. The molecule has 0 amide bonds. The maximum Gasteiger partial charge on any atom is 0.218 e. The fourth-order valence-electron chi connectivity index (χ4n) is 0.454. The number of aliphatic hydroxyl groups excluding tert-OH is 1. The van der Waals surface area contributed by atoms with Crippen LogP contribution >= 0.6 is 0 Å². The fourth-order valence-corrected chi connectivity index (χ4v) is 1.36. The number of nitrogens with zero attached hydrogens (tertiary/aromatic N) is 1. The lowest BCUT2D eigenvalue weighted by molar-refractivity contribution is 0.292. The zero-order valence-electron chi connectivity index (χ0n) is 6.40. The predicted octanol–water partition coefficient (Wildman–Crippen LogP) is -0.741. The van der Waals surface area contributed by atoms with Crippen LogP contribution in [-0.2, 0) is 10.0 Å². The average molecular weight is 167 g/mol. The molecule has 0 bridgehead atoms. The van der Waals surface area contributed by atoms with Gasteiger partial charge in [-0.05, 0) is 6.92 Å². The highest BCUT2D eigenvalue weighted by molar-refractivity contribution is 7.89. The van der Waals surface area contributed by atoms with E-state index >= 15 is 0 Å². The molecule has 0 aliphatic rings. The lowest BCUT2D eigenvalue weighted by Gasteiger charge is -2.15. The van der Waals surface area contributed by atoms with Crippen molar-refractivity contribution < 1.29 is 13.5 Å². The summed E-state index contributed by atoms with van der Waals surface area (Å²) in [5.41, 5.74) is 0. The quantitative estimate of drug-likeness (QED) is 0.602. The van der Waals surface area contributed by atoms with Gasteiger partial charge in [0.2, 0.25) is 10.0 Å². The summed E-state index contributed by atoms with van der Waals surface area (Å²) in [7, 11) is -0.352. The van der Waals surface area contributed by atoms with Crippen molar-refractivity contribution in [3.63, 3.8) is 0 Å². The molecule has 1 atom stereocenters. The van der Waals surface area contributed by atoms with Gasteiger partial charge < -0.3 is 5.11 Å². The van der Waals surface area contributed by atoms with E-state index in [0.717, 1.165) is 4.31 Å². The molecule has 0 aromatic heterocycles. The van der Waals surface area contributed by atoms with Gasteiger partial charge in [0.1, 0.15) is 0 Å². The molecular weight excluding hydrogens is 154 g/mol. The molecule has 0 aromatic carbocycles. The van der Waals surface area contributed by atoms with E-state index in [0.29, 0.717) is 0 Å². The predicted molar refractivity (Wildman–Crippen MR) is 39.2 cm³/mol. The van der Waals surface area contributed by atoms with Crippen LogP contribution < -0.4 is 0 Å². The Morgan fingerprint density at radius 1 is 1.50 bits per heavy atom. The number of sulfonamides is 1. The number of hydrogen-bond acceptors (Lipinski definition) is 3. The minimum Gasteiger partial charge on any atom is -0.395 e. The van der Waals surface area contributed by atoms with Crippen LogP contribution in [0.3, 0.4) is 0 Å². The SMILES string of the molecule is CC(CO)S(=O)(=O)N(C)C. The summed E-state index contributed by atoms with van der Waals surface area (Å²) >= 11 is 0. The first kappa shape index (κ1) is 9.87. The van der Waals surface area contributed by atoms with Gasteiger partial charge in [-0.1, -0.05) is 0 Å². The minimum absolute atomic E-state index is 0.333. The molecule has 10 heavy (non-hydrogen) atoms. The molecule has 5 heteroatoms. The summed E-state index contributed by atoms with van der Waals surface area (Å²) in [6, 6.07) is 0. The van der Waals surface area contributed by atoms with Crippen molar-refractivity contribution in [3.8, 4) is 0 Å². The zero-order valence-corrected chi connectivity index (χ0v) is 7.22. The molecule has 0 fully saturated rings. The molecule has 0 spiro atoms. The minimum atomic E-state index is -3.24. The monoisotopic (exact) mass is 167 g/mol. The molecule has 0 saturated heterocycles. The van der Waals surface area contributed by atoms with Gasteiger partial charge in [0.05, 0.1) is 11.9 Å². The van der Waals surface area contributed by atoms with Crippen LogP contribution in [0.1, 0.15) is 6.92 Å². The van der Waals surface area contributed by atoms with E-state index in [2.05, 4.69) is 0 Å². The zero-order chi connectivity index (χ0) is 8.36. The van der Waals surface area contributed by atoms with Crippen LogP contribution in [0.2, 0.25) is 0 Å². The Morgan fingerprint density at radius 2 is 1.90 bits per heavy atom. The van der Waals surface area contributed by atoms with Crippen molar-refractivity contribution >= 4 is 10.0 Å². The smallest absolute Gasteiger partial charge is 0.218 e. The topological polar surface area (TPSA) is 57.6 Å². The molecule has 0 rings (SSSR count). The Morgan fingerprint density at radius 3 is 2.00 bits per heavy atom. The Hall–Kier alpha value is -0.130. The van der Waals surface area contributed by atoms with E-state index in [1.54, 1.807) is 0 Å². The van der Waals surface area contributed by atoms with E-state index in [-0.39, 0.29) is 6.61 Å². The normalized spacial score (nSPS) is 15.7. The van der Waals surface area contributed by atoms with Gasteiger partial charge in [0, 0.05) is 14.1 Å². The van der Waals surface area contributed by atoms with Crippen LogP contribution in [0.25, 0.3) is 0 Å². The van der Waals surface area contributed by atoms with E-state index < -0.39 is 15.3 Å². The molecule has 0 heterocycles. The summed E-state index contributed by atoms with van der Waals surface area (Å²) in [6.07, 6.45) is 0. The van der Waals surface area contributed by atoms with E-state index in [9.17, 15) is 8.42 Å². The molecule has 62 valence electrons. The first-order valence-corrected chi connectivity index (χ1v) is 4.45. The van der Waals surface area contributed by atoms with Crippen LogP contribution in [-0.4, -0.2) is 43.8 Å². The maximum atomic E-state index is 11.0. The van der Waals surface area contributed by atoms with Gasteiger partial charge in [-0.2, -0.15) is 0 Å². The first-order valence-electron chi connectivity index (χ1n) is 2.95. The second-order valence-electron chi connectivity index (χ2n) is 2.32. The van der Waals surface area contributed by atoms with Crippen LogP contribution in [0, 0.1) is 0 Å². The third-order valence-corrected chi connectivity index (χ3v) is 3.46. The highest BCUT2D eigenvalue weighted by Gasteiger charge is 2.21. The molecule has 0 radical (unpaired) electrons. The van der Waals surface area contributed by atoms with E-state index in [1.165, 1.54) is 21.0 Å². The third kappa shape index (κ3) is 1.93. The Bertz CT molecular complexity index is 185. The van der Waals surface area contributed by atoms with Gasteiger partial charge in [-0.3, -0.25) is 0 Å². The summed E-state index contributed by atoms with van der Waals surface area (Å²) in [6.45, 7) is 1.13. The van der Waals surface area contributed by atoms with Crippen molar-refractivity contribution in [2.24, 2.45) is 0 Å². The van der Waals surface area contributed by atoms with Crippen molar-refractivity contribution in [2.75, 3.05) is 20.7 Å². The first-order chi connectivity index (χ1) is 4.42. The fraction of sp³-hybridized carbons (Fsp3) is 1.00. The molecule has 1 N–H and O–H groups in total. The second-order valence-corrected chi connectivity index (χ2v) is 4.89. The summed E-state index contributed by atoms with van der Waals surface area (Å²) in [5, 5.41) is 7.81.